The molecule has 1 aliphatic rings. The van der Waals surface area contributed by atoms with Crippen LogP contribution in [-0.2, 0) is 0 Å². The van der Waals surface area contributed by atoms with E-state index in [4.69, 9.17) is 5.73 Å². The summed E-state index contributed by atoms with van der Waals surface area (Å²) in [6, 6.07) is 5.66. The van der Waals surface area contributed by atoms with E-state index in [-0.39, 0.29) is 5.91 Å². The minimum absolute atomic E-state index is 0.0471. The molecule has 80 valence electrons. The van der Waals surface area contributed by atoms with Gasteiger partial charge < -0.3 is 16.4 Å². The molecule has 0 bridgehead atoms. The predicted molar refractivity (Wildman–Crippen MR) is 60.9 cm³/mol. The molecule has 4 heteroatoms. The number of amides is 1. The summed E-state index contributed by atoms with van der Waals surface area (Å²) in [5.41, 5.74) is 7.69. The molecule has 0 spiro atoms. The molecule has 1 aromatic carbocycles. The summed E-state index contributed by atoms with van der Waals surface area (Å²) >= 11 is 0. The fraction of sp³-hybridized carbons (Fsp3) is 0.364. The molecule has 0 radical (unpaired) electrons. The number of carbonyl (C=O) groups excluding carboxylic acids is 1. The molecule has 1 saturated carbocycles. The summed E-state index contributed by atoms with van der Waals surface area (Å²) in [6.45, 7) is 0. The molecular formula is C11H15N3O. The first-order valence-corrected chi connectivity index (χ1v) is 5.09. The van der Waals surface area contributed by atoms with Crippen molar-refractivity contribution >= 4 is 17.3 Å². The zero-order valence-electron chi connectivity index (χ0n) is 8.71. The Kier molecular flexibility index (Phi) is 2.49. The summed E-state index contributed by atoms with van der Waals surface area (Å²) in [7, 11) is 1.79. The summed E-state index contributed by atoms with van der Waals surface area (Å²) in [4.78, 5) is 11.8. The second kappa shape index (κ2) is 3.81. The maximum atomic E-state index is 11.8. The van der Waals surface area contributed by atoms with E-state index < -0.39 is 0 Å². The summed E-state index contributed by atoms with van der Waals surface area (Å²) in [6.07, 6.45) is 2.17. The van der Waals surface area contributed by atoms with Crippen molar-refractivity contribution in [2.45, 2.75) is 18.9 Å². The third-order valence-corrected chi connectivity index (χ3v) is 2.47. The fourth-order valence-corrected chi connectivity index (χ4v) is 1.46. The lowest BCUT2D eigenvalue weighted by atomic mass is 10.1. The van der Waals surface area contributed by atoms with E-state index in [1.54, 1.807) is 19.2 Å². The molecule has 2 rings (SSSR count). The van der Waals surface area contributed by atoms with Gasteiger partial charge in [0.2, 0.25) is 0 Å². The molecular weight excluding hydrogens is 190 g/mol. The zero-order valence-corrected chi connectivity index (χ0v) is 8.71. The molecule has 1 fully saturated rings. The number of nitrogens with two attached hydrogens (primary N) is 1. The first-order valence-electron chi connectivity index (χ1n) is 5.09. The van der Waals surface area contributed by atoms with E-state index >= 15 is 0 Å². The highest BCUT2D eigenvalue weighted by atomic mass is 16.1. The maximum absolute atomic E-state index is 11.8. The van der Waals surface area contributed by atoms with Crippen LogP contribution in [0, 0.1) is 0 Å². The van der Waals surface area contributed by atoms with Gasteiger partial charge in [-0.3, -0.25) is 4.79 Å². The number of benzene rings is 1. The van der Waals surface area contributed by atoms with Crippen LogP contribution >= 0.6 is 0 Å². The third kappa shape index (κ3) is 2.21. The van der Waals surface area contributed by atoms with Gasteiger partial charge in [0.1, 0.15) is 0 Å². The summed E-state index contributed by atoms with van der Waals surface area (Å²) < 4.78 is 0. The SMILES string of the molecule is CNc1ccc(N)cc1C(=O)NC1CC1. The lowest BCUT2D eigenvalue weighted by Gasteiger charge is -2.09. The van der Waals surface area contributed by atoms with Crippen molar-refractivity contribution in [3.05, 3.63) is 23.8 Å². The quantitative estimate of drug-likeness (QED) is 0.649. The van der Waals surface area contributed by atoms with Crippen molar-refractivity contribution in [1.29, 1.82) is 0 Å². The topological polar surface area (TPSA) is 67.1 Å². The fourth-order valence-electron chi connectivity index (χ4n) is 1.46. The molecule has 1 amide bonds. The van der Waals surface area contributed by atoms with Gasteiger partial charge in [-0.05, 0) is 31.0 Å². The van der Waals surface area contributed by atoms with E-state index in [0.717, 1.165) is 18.5 Å². The first kappa shape index (κ1) is 9.83. The normalized spacial score (nSPS) is 14.7. The molecule has 4 N–H and O–H groups in total. The average Bonchev–Trinajstić information content (AvgIpc) is 3.01. The van der Waals surface area contributed by atoms with Crippen LogP contribution in [0.5, 0.6) is 0 Å². The number of hydrogen-bond donors (Lipinski definition) is 3. The van der Waals surface area contributed by atoms with Gasteiger partial charge in [0.25, 0.3) is 5.91 Å². The average molecular weight is 205 g/mol. The highest BCUT2D eigenvalue weighted by molar-refractivity contribution is 6.00. The minimum Gasteiger partial charge on any atom is -0.399 e. The molecule has 0 aromatic heterocycles. The van der Waals surface area contributed by atoms with Crippen molar-refractivity contribution in [3.8, 4) is 0 Å². The Hall–Kier alpha value is -1.71. The lowest BCUT2D eigenvalue weighted by Crippen LogP contribution is -2.26. The third-order valence-electron chi connectivity index (χ3n) is 2.47. The van der Waals surface area contributed by atoms with Crippen LogP contribution in [0.4, 0.5) is 11.4 Å². The number of hydrogen-bond acceptors (Lipinski definition) is 3. The van der Waals surface area contributed by atoms with Crippen LogP contribution in [0.25, 0.3) is 0 Å². The van der Waals surface area contributed by atoms with Gasteiger partial charge in [0, 0.05) is 24.5 Å². The van der Waals surface area contributed by atoms with Crippen LogP contribution < -0.4 is 16.4 Å². The van der Waals surface area contributed by atoms with Gasteiger partial charge in [-0.1, -0.05) is 0 Å². The van der Waals surface area contributed by atoms with Crippen LogP contribution in [0.1, 0.15) is 23.2 Å². The molecule has 15 heavy (non-hydrogen) atoms. The van der Waals surface area contributed by atoms with E-state index in [1.807, 2.05) is 6.07 Å². The highest BCUT2D eigenvalue weighted by Gasteiger charge is 2.24. The molecule has 0 saturated heterocycles. The second-order valence-corrected chi connectivity index (χ2v) is 3.80. The van der Waals surface area contributed by atoms with Crippen LogP contribution in [0.15, 0.2) is 18.2 Å². The molecule has 1 aromatic rings. The highest BCUT2D eigenvalue weighted by Crippen LogP contribution is 2.22. The van der Waals surface area contributed by atoms with Crippen molar-refractivity contribution in [2.24, 2.45) is 0 Å². The summed E-state index contributed by atoms with van der Waals surface area (Å²) in [5, 5.41) is 5.92. The van der Waals surface area contributed by atoms with Crippen molar-refractivity contribution in [1.82, 2.24) is 5.32 Å². The Balaban J connectivity index is 2.23. The van der Waals surface area contributed by atoms with E-state index in [2.05, 4.69) is 10.6 Å². The smallest absolute Gasteiger partial charge is 0.253 e. The van der Waals surface area contributed by atoms with Gasteiger partial charge >= 0.3 is 0 Å². The molecule has 4 nitrogen and oxygen atoms in total. The van der Waals surface area contributed by atoms with Crippen LogP contribution in [0.2, 0.25) is 0 Å². The monoisotopic (exact) mass is 205 g/mol. The first-order chi connectivity index (χ1) is 7.20. The van der Waals surface area contributed by atoms with Gasteiger partial charge in [-0.25, -0.2) is 0 Å². The Labute approximate surface area is 88.9 Å². The maximum Gasteiger partial charge on any atom is 0.253 e. The molecule has 0 heterocycles. The zero-order chi connectivity index (χ0) is 10.8. The Morgan fingerprint density at radius 3 is 2.80 bits per heavy atom. The Bertz CT molecular complexity index is 385. The number of nitrogen functional groups attached to an aromatic ring is 1. The standard InChI is InChI=1S/C11H15N3O/c1-13-10-5-2-7(12)6-9(10)11(15)14-8-3-4-8/h2,5-6,8,13H,3-4,12H2,1H3,(H,14,15). The van der Waals surface area contributed by atoms with E-state index in [1.165, 1.54) is 0 Å². The van der Waals surface area contributed by atoms with E-state index in [9.17, 15) is 4.79 Å². The van der Waals surface area contributed by atoms with Crippen LogP contribution in [-0.4, -0.2) is 19.0 Å². The van der Waals surface area contributed by atoms with E-state index in [0.29, 0.717) is 17.3 Å². The molecule has 0 unspecified atom stereocenters. The van der Waals surface area contributed by atoms with Gasteiger partial charge in [0.15, 0.2) is 0 Å². The number of nitrogens with one attached hydrogen (secondary N) is 2. The molecule has 0 aliphatic heterocycles. The number of anilines is 2. The minimum atomic E-state index is -0.0471. The van der Waals surface area contributed by atoms with Crippen molar-refractivity contribution < 1.29 is 4.79 Å². The van der Waals surface area contributed by atoms with Crippen molar-refractivity contribution in [3.63, 3.8) is 0 Å². The van der Waals surface area contributed by atoms with Gasteiger partial charge in [0.05, 0.1) is 5.56 Å². The molecule has 1 aliphatic carbocycles. The second-order valence-electron chi connectivity index (χ2n) is 3.80. The summed E-state index contributed by atoms with van der Waals surface area (Å²) in [5.74, 6) is -0.0471. The van der Waals surface area contributed by atoms with Gasteiger partial charge in [-0.2, -0.15) is 0 Å². The Morgan fingerprint density at radius 1 is 1.47 bits per heavy atom. The predicted octanol–water partition coefficient (Wildman–Crippen LogP) is 1.20. The number of carbonyl (C=O) groups is 1. The van der Waals surface area contributed by atoms with Gasteiger partial charge in [-0.15, -0.1) is 0 Å². The largest absolute Gasteiger partial charge is 0.399 e. The van der Waals surface area contributed by atoms with Crippen molar-refractivity contribution in [2.75, 3.05) is 18.1 Å². The Morgan fingerprint density at radius 2 is 2.20 bits per heavy atom. The molecule has 0 atom stereocenters. The number of rotatable bonds is 3. The lowest BCUT2D eigenvalue weighted by molar-refractivity contribution is 0.0952. The van der Waals surface area contributed by atoms with Crippen LogP contribution in [0.3, 0.4) is 0 Å².